The van der Waals surface area contributed by atoms with Crippen molar-refractivity contribution < 1.29 is 0 Å². The fraction of sp³-hybridized carbons (Fsp3) is 0.467. The highest BCUT2D eigenvalue weighted by Gasteiger charge is 2.20. The molecule has 0 saturated heterocycles. The molecule has 5 heteroatoms. The normalized spacial score (nSPS) is 23.1. The topological polar surface area (TPSA) is 71.8 Å². The van der Waals surface area contributed by atoms with Crippen molar-refractivity contribution in [3.05, 3.63) is 28.6 Å². The number of rotatable bonds is 2. The molecule has 2 aromatic rings. The molecule has 0 spiro atoms. The third kappa shape index (κ3) is 2.82. The fourth-order valence-electron chi connectivity index (χ4n) is 2.83. The number of benzene rings is 1. The summed E-state index contributed by atoms with van der Waals surface area (Å²) in [5.74, 6) is 0.772. The third-order valence-corrected chi connectivity index (χ3v) is 5.05. The highest BCUT2D eigenvalue weighted by Crippen LogP contribution is 2.34. The van der Waals surface area contributed by atoms with Crippen LogP contribution >= 0.6 is 11.8 Å². The van der Waals surface area contributed by atoms with E-state index in [0.717, 1.165) is 11.1 Å². The lowest BCUT2D eigenvalue weighted by molar-refractivity contribution is 0.394. The molecule has 1 heterocycles. The summed E-state index contributed by atoms with van der Waals surface area (Å²) in [5.41, 5.74) is 6.91. The van der Waals surface area contributed by atoms with Crippen molar-refractivity contribution in [3.63, 3.8) is 0 Å². The van der Waals surface area contributed by atoms with Crippen molar-refractivity contribution in [2.24, 2.45) is 5.92 Å². The maximum absolute atomic E-state index is 12.1. The quantitative estimate of drug-likeness (QED) is 0.658. The number of H-pyrrole nitrogens is 1. The number of nitrogens with one attached hydrogen (secondary N) is 1. The van der Waals surface area contributed by atoms with Crippen LogP contribution in [0.2, 0.25) is 0 Å². The van der Waals surface area contributed by atoms with Crippen molar-refractivity contribution in [1.82, 2.24) is 9.97 Å². The summed E-state index contributed by atoms with van der Waals surface area (Å²) >= 11 is 1.70. The standard InChI is InChI=1S/C15H19N3OS/c1-9-3-2-4-11(7-9)20-15-17-13-6-5-10(16)8-12(13)14(19)18-15/h5-6,8-9,11H,2-4,7,16H2,1H3,(H,17,18,19). The second-order valence-electron chi connectivity index (χ2n) is 5.66. The number of nitrogens with zero attached hydrogens (tertiary/aromatic N) is 1. The summed E-state index contributed by atoms with van der Waals surface area (Å²) in [6.07, 6.45) is 5.00. The average molecular weight is 289 g/mol. The molecule has 1 aromatic heterocycles. The van der Waals surface area contributed by atoms with E-state index >= 15 is 0 Å². The average Bonchev–Trinajstić information content (AvgIpc) is 2.40. The minimum absolute atomic E-state index is 0.103. The molecule has 3 N–H and O–H groups in total. The highest BCUT2D eigenvalue weighted by atomic mass is 32.2. The van der Waals surface area contributed by atoms with Crippen molar-refractivity contribution in [2.45, 2.75) is 43.0 Å². The Labute approximate surface area is 122 Å². The molecule has 0 amide bonds. The number of hydrogen-bond acceptors (Lipinski definition) is 4. The summed E-state index contributed by atoms with van der Waals surface area (Å²) in [6.45, 7) is 2.30. The number of hydrogen-bond donors (Lipinski definition) is 2. The van der Waals surface area contributed by atoms with Gasteiger partial charge in [0.2, 0.25) is 0 Å². The zero-order valence-electron chi connectivity index (χ0n) is 11.6. The van der Waals surface area contributed by atoms with Crippen molar-refractivity contribution in [3.8, 4) is 0 Å². The molecule has 1 saturated carbocycles. The monoisotopic (exact) mass is 289 g/mol. The lowest BCUT2D eigenvalue weighted by Gasteiger charge is -2.25. The molecular weight excluding hydrogens is 270 g/mol. The fourth-order valence-corrected chi connectivity index (χ4v) is 4.16. The predicted molar refractivity (Wildman–Crippen MR) is 84.1 cm³/mol. The van der Waals surface area contributed by atoms with Gasteiger partial charge in [-0.2, -0.15) is 0 Å². The molecule has 2 atom stereocenters. The van der Waals surface area contributed by atoms with Crippen LogP contribution in [0.4, 0.5) is 5.69 Å². The van der Waals surface area contributed by atoms with Gasteiger partial charge in [0.1, 0.15) is 0 Å². The minimum atomic E-state index is -0.103. The van der Waals surface area contributed by atoms with E-state index in [9.17, 15) is 4.79 Å². The number of aromatic nitrogens is 2. The molecule has 3 rings (SSSR count). The summed E-state index contributed by atoms with van der Waals surface area (Å²) in [7, 11) is 0. The van der Waals surface area contributed by atoms with Gasteiger partial charge in [0, 0.05) is 10.9 Å². The van der Waals surface area contributed by atoms with E-state index in [1.54, 1.807) is 23.9 Å². The first-order valence-electron chi connectivity index (χ1n) is 7.08. The van der Waals surface area contributed by atoms with Gasteiger partial charge in [-0.1, -0.05) is 31.5 Å². The smallest absolute Gasteiger partial charge is 0.259 e. The summed E-state index contributed by atoms with van der Waals surface area (Å²) in [5, 5.41) is 1.85. The molecule has 4 nitrogen and oxygen atoms in total. The maximum Gasteiger partial charge on any atom is 0.259 e. The van der Waals surface area contributed by atoms with Crippen molar-refractivity contribution >= 4 is 28.4 Å². The van der Waals surface area contributed by atoms with Gasteiger partial charge in [0.05, 0.1) is 10.9 Å². The van der Waals surface area contributed by atoms with Crippen LogP contribution in [0.3, 0.4) is 0 Å². The van der Waals surface area contributed by atoms with Gasteiger partial charge in [-0.25, -0.2) is 4.98 Å². The molecule has 106 valence electrons. The van der Waals surface area contributed by atoms with Crippen LogP contribution in [0.5, 0.6) is 0 Å². The Bertz CT molecular complexity index is 682. The Kier molecular flexibility index (Phi) is 3.70. The van der Waals surface area contributed by atoms with Gasteiger partial charge < -0.3 is 10.7 Å². The molecule has 1 aromatic carbocycles. The van der Waals surface area contributed by atoms with Crippen molar-refractivity contribution in [2.75, 3.05) is 5.73 Å². The lowest BCUT2D eigenvalue weighted by Crippen LogP contribution is -2.17. The molecule has 1 fully saturated rings. The maximum atomic E-state index is 12.1. The van der Waals surface area contributed by atoms with Crippen LogP contribution < -0.4 is 11.3 Å². The first-order chi connectivity index (χ1) is 9.61. The third-order valence-electron chi connectivity index (χ3n) is 3.87. The van der Waals surface area contributed by atoms with Crippen LogP contribution in [-0.4, -0.2) is 15.2 Å². The summed E-state index contributed by atoms with van der Waals surface area (Å²) < 4.78 is 0. The second-order valence-corrected chi connectivity index (χ2v) is 6.95. The van der Waals surface area contributed by atoms with Crippen LogP contribution in [0.25, 0.3) is 10.9 Å². The van der Waals surface area contributed by atoms with E-state index < -0.39 is 0 Å². The molecule has 0 bridgehead atoms. The van der Waals surface area contributed by atoms with E-state index in [1.807, 2.05) is 6.07 Å². The van der Waals surface area contributed by atoms with Gasteiger partial charge >= 0.3 is 0 Å². The van der Waals surface area contributed by atoms with Crippen LogP contribution in [0.1, 0.15) is 32.6 Å². The summed E-state index contributed by atoms with van der Waals surface area (Å²) in [4.78, 5) is 19.5. The molecule has 2 unspecified atom stereocenters. The molecule has 20 heavy (non-hydrogen) atoms. The van der Waals surface area contributed by atoms with Crippen LogP contribution in [0, 0.1) is 5.92 Å². The van der Waals surface area contributed by atoms with Gasteiger partial charge in [-0.3, -0.25) is 4.79 Å². The predicted octanol–water partition coefficient (Wildman–Crippen LogP) is 3.18. The number of fused-ring (bicyclic) bond motifs is 1. The number of thioether (sulfide) groups is 1. The van der Waals surface area contributed by atoms with E-state index in [0.29, 0.717) is 21.8 Å². The lowest BCUT2D eigenvalue weighted by atomic mass is 9.91. The first kappa shape index (κ1) is 13.5. The largest absolute Gasteiger partial charge is 0.399 e. The Morgan fingerprint density at radius 2 is 2.25 bits per heavy atom. The first-order valence-corrected chi connectivity index (χ1v) is 7.96. The van der Waals surface area contributed by atoms with E-state index in [2.05, 4.69) is 16.9 Å². The van der Waals surface area contributed by atoms with Crippen LogP contribution in [0.15, 0.2) is 28.2 Å². The number of nitrogens with two attached hydrogens (primary N) is 1. The Morgan fingerprint density at radius 3 is 3.05 bits per heavy atom. The van der Waals surface area contributed by atoms with Gasteiger partial charge in [0.15, 0.2) is 5.16 Å². The SMILES string of the molecule is CC1CCCC(Sc2nc3ccc(N)cc3c(=O)[nH]2)C1. The number of nitrogen functional groups attached to an aromatic ring is 1. The Hall–Kier alpha value is -1.49. The Morgan fingerprint density at radius 1 is 1.40 bits per heavy atom. The number of aromatic amines is 1. The zero-order chi connectivity index (χ0) is 14.1. The molecule has 1 aliphatic rings. The van der Waals surface area contributed by atoms with E-state index in [1.165, 1.54) is 25.7 Å². The van der Waals surface area contributed by atoms with E-state index in [4.69, 9.17) is 5.73 Å². The molecular formula is C15H19N3OS. The minimum Gasteiger partial charge on any atom is -0.399 e. The van der Waals surface area contributed by atoms with Gasteiger partial charge in [0.25, 0.3) is 5.56 Å². The van der Waals surface area contributed by atoms with Gasteiger partial charge in [-0.15, -0.1) is 0 Å². The summed E-state index contributed by atoms with van der Waals surface area (Å²) in [6, 6.07) is 5.28. The molecule has 0 radical (unpaired) electrons. The van der Waals surface area contributed by atoms with E-state index in [-0.39, 0.29) is 5.56 Å². The second kappa shape index (κ2) is 5.48. The highest BCUT2D eigenvalue weighted by molar-refractivity contribution is 7.99. The number of anilines is 1. The Balaban J connectivity index is 1.89. The molecule has 0 aliphatic heterocycles. The van der Waals surface area contributed by atoms with Gasteiger partial charge in [-0.05, 0) is 37.0 Å². The van der Waals surface area contributed by atoms with Crippen molar-refractivity contribution in [1.29, 1.82) is 0 Å². The molecule has 1 aliphatic carbocycles. The zero-order valence-corrected chi connectivity index (χ0v) is 12.4. The van der Waals surface area contributed by atoms with Crippen LogP contribution in [-0.2, 0) is 0 Å².